The maximum Gasteiger partial charge on any atom is 0.184 e. The number of H-pyrrole nitrogens is 1. The predicted octanol–water partition coefficient (Wildman–Crippen LogP) is 3.74. The molecule has 0 aliphatic carbocycles. The van der Waals surface area contributed by atoms with Crippen molar-refractivity contribution in [2.75, 3.05) is 19.6 Å². The van der Waals surface area contributed by atoms with E-state index < -0.39 is 0 Å². The average molecular weight is 335 g/mol. The van der Waals surface area contributed by atoms with E-state index >= 15 is 0 Å². The standard InChI is InChI=1S/C20H21N3O2/c24-19(10-16-11-23-6-3-13(16)4-7-23)20-17-9-14(15-5-8-25-12-15)1-2-18(17)21-22-20/h1-2,5,8-9,12-13,16H,3-4,6-7,10-11H2,(H,21,22)/t16-/m1/s1. The van der Waals surface area contributed by atoms with Gasteiger partial charge in [-0.1, -0.05) is 6.07 Å². The van der Waals surface area contributed by atoms with Gasteiger partial charge in [0.1, 0.15) is 5.69 Å². The van der Waals surface area contributed by atoms with Gasteiger partial charge in [0.25, 0.3) is 0 Å². The minimum atomic E-state index is 0.161. The first-order valence-electron chi connectivity index (χ1n) is 9.04. The maximum atomic E-state index is 12.9. The molecule has 25 heavy (non-hydrogen) atoms. The number of carbonyl (C=O) groups is 1. The summed E-state index contributed by atoms with van der Waals surface area (Å²) in [6.07, 6.45) is 6.47. The SMILES string of the molecule is O=C(C[C@@H]1CN2CCC1CC2)c1n[nH]c2ccc(-c3ccoc3)cc12. The van der Waals surface area contributed by atoms with E-state index in [2.05, 4.69) is 15.1 Å². The molecule has 128 valence electrons. The Morgan fingerprint density at radius 3 is 2.84 bits per heavy atom. The van der Waals surface area contributed by atoms with Gasteiger partial charge in [0.2, 0.25) is 0 Å². The van der Waals surface area contributed by atoms with Gasteiger partial charge in [-0.05, 0) is 61.5 Å². The van der Waals surface area contributed by atoms with E-state index in [9.17, 15) is 4.79 Å². The van der Waals surface area contributed by atoms with Crippen LogP contribution in [0.25, 0.3) is 22.0 Å². The molecule has 3 aliphatic rings. The summed E-state index contributed by atoms with van der Waals surface area (Å²) in [5, 5.41) is 8.25. The van der Waals surface area contributed by atoms with Gasteiger partial charge in [-0.3, -0.25) is 9.89 Å². The molecule has 1 atom stereocenters. The summed E-state index contributed by atoms with van der Waals surface area (Å²) in [5.74, 6) is 1.36. The number of hydrogen-bond acceptors (Lipinski definition) is 4. The van der Waals surface area contributed by atoms with Gasteiger partial charge >= 0.3 is 0 Å². The van der Waals surface area contributed by atoms with Crippen molar-refractivity contribution in [3.8, 4) is 11.1 Å². The topological polar surface area (TPSA) is 62.1 Å². The van der Waals surface area contributed by atoms with Crippen LogP contribution in [0.3, 0.4) is 0 Å². The Morgan fingerprint density at radius 2 is 2.12 bits per heavy atom. The number of hydrogen-bond donors (Lipinski definition) is 1. The Bertz CT molecular complexity index is 904. The quantitative estimate of drug-likeness (QED) is 0.738. The van der Waals surface area contributed by atoms with Gasteiger partial charge in [0.05, 0.1) is 18.0 Å². The number of carbonyl (C=O) groups excluding carboxylic acids is 1. The number of benzene rings is 1. The molecule has 2 bridgehead atoms. The fourth-order valence-corrected chi connectivity index (χ4v) is 4.49. The van der Waals surface area contributed by atoms with Crippen LogP contribution in [0, 0.1) is 11.8 Å². The van der Waals surface area contributed by atoms with Crippen LogP contribution in [-0.2, 0) is 0 Å². The highest BCUT2D eigenvalue weighted by Crippen LogP contribution is 2.35. The van der Waals surface area contributed by atoms with Crippen LogP contribution in [0.2, 0.25) is 0 Å². The number of fused-ring (bicyclic) bond motifs is 4. The molecule has 1 N–H and O–H groups in total. The van der Waals surface area contributed by atoms with Crippen molar-refractivity contribution in [1.29, 1.82) is 0 Å². The zero-order valence-electron chi connectivity index (χ0n) is 14.1. The number of nitrogens with zero attached hydrogens (tertiary/aromatic N) is 2. The third-order valence-corrected chi connectivity index (χ3v) is 5.92. The molecule has 5 heteroatoms. The van der Waals surface area contributed by atoms with Crippen LogP contribution < -0.4 is 0 Å². The summed E-state index contributed by atoms with van der Waals surface area (Å²) in [6, 6.07) is 7.96. The van der Waals surface area contributed by atoms with Crippen molar-refractivity contribution in [1.82, 2.24) is 15.1 Å². The third-order valence-electron chi connectivity index (χ3n) is 5.92. The van der Waals surface area contributed by atoms with Crippen molar-refractivity contribution < 1.29 is 9.21 Å². The first-order valence-corrected chi connectivity index (χ1v) is 9.04. The molecule has 2 aromatic heterocycles. The van der Waals surface area contributed by atoms with Crippen LogP contribution in [0.5, 0.6) is 0 Å². The Morgan fingerprint density at radius 1 is 1.24 bits per heavy atom. The molecule has 0 amide bonds. The lowest BCUT2D eigenvalue weighted by Gasteiger charge is -2.44. The van der Waals surface area contributed by atoms with Gasteiger partial charge in [0.15, 0.2) is 5.78 Å². The minimum absolute atomic E-state index is 0.161. The van der Waals surface area contributed by atoms with Crippen LogP contribution in [0.15, 0.2) is 41.2 Å². The number of aromatic amines is 1. The molecule has 0 radical (unpaired) electrons. The van der Waals surface area contributed by atoms with E-state index in [1.54, 1.807) is 12.5 Å². The van der Waals surface area contributed by atoms with E-state index in [0.717, 1.165) is 28.6 Å². The van der Waals surface area contributed by atoms with Crippen molar-refractivity contribution in [3.63, 3.8) is 0 Å². The molecule has 3 saturated heterocycles. The van der Waals surface area contributed by atoms with Crippen LogP contribution >= 0.6 is 0 Å². The van der Waals surface area contributed by atoms with E-state index in [0.29, 0.717) is 24.0 Å². The largest absolute Gasteiger partial charge is 0.472 e. The Kier molecular flexibility index (Phi) is 3.48. The summed E-state index contributed by atoms with van der Waals surface area (Å²) < 4.78 is 5.17. The molecule has 1 aromatic carbocycles. The molecule has 0 spiro atoms. The number of nitrogens with one attached hydrogen (secondary N) is 1. The third kappa shape index (κ3) is 2.59. The summed E-state index contributed by atoms with van der Waals surface area (Å²) in [7, 11) is 0. The van der Waals surface area contributed by atoms with E-state index in [1.165, 1.54) is 25.9 Å². The number of Topliss-reactive ketones (excluding diaryl/α,β-unsaturated/α-hetero) is 1. The Hall–Kier alpha value is -2.40. The normalized spacial score (nSPS) is 25.5. The lowest BCUT2D eigenvalue weighted by atomic mass is 9.76. The second-order valence-corrected chi connectivity index (χ2v) is 7.37. The lowest BCUT2D eigenvalue weighted by Crippen LogP contribution is -2.47. The van der Waals surface area contributed by atoms with Gasteiger partial charge in [0, 0.05) is 23.9 Å². The lowest BCUT2D eigenvalue weighted by molar-refractivity contribution is 0.0440. The van der Waals surface area contributed by atoms with Gasteiger partial charge < -0.3 is 9.32 Å². The molecular weight excluding hydrogens is 314 g/mol. The van der Waals surface area contributed by atoms with Gasteiger partial charge in [-0.15, -0.1) is 0 Å². The second kappa shape index (κ2) is 5.85. The number of rotatable bonds is 4. The molecular formula is C20H21N3O2. The number of aromatic nitrogens is 2. The fraction of sp³-hybridized carbons (Fsp3) is 0.400. The molecule has 5 nitrogen and oxygen atoms in total. The first kappa shape index (κ1) is 14.9. The second-order valence-electron chi connectivity index (χ2n) is 7.37. The van der Waals surface area contributed by atoms with Gasteiger partial charge in [-0.2, -0.15) is 5.10 Å². The Labute approximate surface area is 146 Å². The molecule has 6 rings (SSSR count). The average Bonchev–Trinajstić information content (AvgIpc) is 3.32. The molecule has 0 saturated carbocycles. The monoisotopic (exact) mass is 335 g/mol. The van der Waals surface area contributed by atoms with Crippen LogP contribution in [-0.4, -0.2) is 40.5 Å². The molecule has 3 aromatic rings. The number of furan rings is 1. The zero-order chi connectivity index (χ0) is 16.8. The van der Waals surface area contributed by atoms with Gasteiger partial charge in [-0.25, -0.2) is 0 Å². The maximum absolute atomic E-state index is 12.9. The number of piperidine rings is 3. The smallest absolute Gasteiger partial charge is 0.184 e. The predicted molar refractivity (Wildman–Crippen MR) is 95.4 cm³/mol. The minimum Gasteiger partial charge on any atom is -0.472 e. The van der Waals surface area contributed by atoms with Crippen LogP contribution in [0.1, 0.15) is 29.8 Å². The highest BCUT2D eigenvalue weighted by atomic mass is 16.3. The zero-order valence-corrected chi connectivity index (χ0v) is 14.1. The van der Waals surface area contributed by atoms with Crippen molar-refractivity contribution in [2.24, 2.45) is 11.8 Å². The first-order chi connectivity index (χ1) is 12.3. The van der Waals surface area contributed by atoms with E-state index in [4.69, 9.17) is 4.42 Å². The highest BCUT2D eigenvalue weighted by molar-refractivity contribution is 6.06. The summed E-state index contributed by atoms with van der Waals surface area (Å²) in [4.78, 5) is 15.4. The molecule has 0 unspecified atom stereocenters. The number of ketones is 1. The van der Waals surface area contributed by atoms with Crippen molar-refractivity contribution in [3.05, 3.63) is 42.5 Å². The molecule has 5 heterocycles. The summed E-state index contributed by atoms with van der Waals surface area (Å²) in [6.45, 7) is 3.47. The van der Waals surface area contributed by atoms with E-state index in [1.807, 2.05) is 24.3 Å². The summed E-state index contributed by atoms with van der Waals surface area (Å²) >= 11 is 0. The Balaban J connectivity index is 1.44. The van der Waals surface area contributed by atoms with Crippen molar-refractivity contribution in [2.45, 2.75) is 19.3 Å². The fourth-order valence-electron chi connectivity index (χ4n) is 4.49. The van der Waals surface area contributed by atoms with Crippen molar-refractivity contribution >= 4 is 16.7 Å². The van der Waals surface area contributed by atoms with E-state index in [-0.39, 0.29) is 5.78 Å². The summed E-state index contributed by atoms with van der Waals surface area (Å²) in [5.41, 5.74) is 3.54. The highest BCUT2D eigenvalue weighted by Gasteiger charge is 2.35. The van der Waals surface area contributed by atoms with Crippen LogP contribution in [0.4, 0.5) is 0 Å². The molecule has 3 fully saturated rings. The molecule has 3 aliphatic heterocycles.